The van der Waals surface area contributed by atoms with Gasteiger partial charge in [-0.1, -0.05) is 24.6 Å². The Labute approximate surface area is 121 Å². The van der Waals surface area contributed by atoms with Gasteiger partial charge in [0, 0.05) is 10.7 Å². The SMILES string of the molecule is CCc1ccc(NC(=O)NC2=C(C)C(=O)OC2)cc1Cl. The van der Waals surface area contributed by atoms with Crippen LogP contribution in [0.2, 0.25) is 5.02 Å². The topological polar surface area (TPSA) is 67.4 Å². The van der Waals surface area contributed by atoms with Crippen LogP contribution in [0.4, 0.5) is 10.5 Å². The fourth-order valence-corrected chi connectivity index (χ4v) is 2.13. The van der Waals surface area contributed by atoms with E-state index in [9.17, 15) is 9.59 Å². The van der Waals surface area contributed by atoms with Gasteiger partial charge in [-0.15, -0.1) is 0 Å². The van der Waals surface area contributed by atoms with Gasteiger partial charge in [-0.2, -0.15) is 0 Å². The zero-order chi connectivity index (χ0) is 14.7. The van der Waals surface area contributed by atoms with Crippen molar-refractivity contribution in [1.29, 1.82) is 0 Å². The molecule has 1 aromatic rings. The molecule has 0 fully saturated rings. The zero-order valence-corrected chi connectivity index (χ0v) is 12.0. The quantitative estimate of drug-likeness (QED) is 0.842. The molecule has 0 atom stereocenters. The molecule has 2 rings (SSSR count). The number of cyclic esters (lactones) is 1. The number of anilines is 1. The first-order valence-corrected chi connectivity index (χ1v) is 6.62. The Morgan fingerprint density at radius 2 is 2.15 bits per heavy atom. The number of carbonyl (C=O) groups excluding carboxylic acids is 2. The average molecular weight is 295 g/mol. The van der Waals surface area contributed by atoms with Gasteiger partial charge in [-0.05, 0) is 31.0 Å². The Balaban J connectivity index is 2.02. The molecule has 0 aliphatic carbocycles. The summed E-state index contributed by atoms with van der Waals surface area (Å²) in [5, 5.41) is 5.87. The summed E-state index contributed by atoms with van der Waals surface area (Å²) in [5.41, 5.74) is 2.50. The summed E-state index contributed by atoms with van der Waals surface area (Å²) in [7, 11) is 0. The molecule has 2 amide bonds. The molecule has 0 spiro atoms. The Kier molecular flexibility index (Phi) is 4.29. The number of ether oxygens (including phenoxy) is 1. The second kappa shape index (κ2) is 5.96. The van der Waals surface area contributed by atoms with Gasteiger partial charge in [0.05, 0.1) is 11.3 Å². The first-order chi connectivity index (χ1) is 9.51. The summed E-state index contributed by atoms with van der Waals surface area (Å²) < 4.78 is 4.80. The van der Waals surface area contributed by atoms with Crippen molar-refractivity contribution in [2.24, 2.45) is 0 Å². The maximum absolute atomic E-state index is 11.8. The van der Waals surface area contributed by atoms with Gasteiger partial charge in [-0.25, -0.2) is 9.59 Å². The number of halogens is 1. The van der Waals surface area contributed by atoms with Crippen molar-refractivity contribution < 1.29 is 14.3 Å². The normalized spacial score (nSPS) is 14.2. The number of hydrogen-bond donors (Lipinski definition) is 2. The lowest BCUT2D eigenvalue weighted by Crippen LogP contribution is -2.29. The number of carbonyl (C=O) groups is 2. The molecule has 0 radical (unpaired) electrons. The van der Waals surface area contributed by atoms with E-state index in [1.165, 1.54) is 0 Å². The number of aryl methyl sites for hydroxylation is 1. The predicted octanol–water partition coefficient (Wildman–Crippen LogP) is 2.85. The minimum Gasteiger partial charge on any atom is -0.456 e. The molecule has 0 saturated carbocycles. The molecule has 0 bridgehead atoms. The van der Waals surface area contributed by atoms with Crippen molar-refractivity contribution in [3.05, 3.63) is 40.1 Å². The van der Waals surface area contributed by atoms with E-state index < -0.39 is 12.0 Å². The van der Waals surface area contributed by atoms with Gasteiger partial charge >= 0.3 is 12.0 Å². The summed E-state index contributed by atoms with van der Waals surface area (Å²) in [6.45, 7) is 3.71. The molecule has 5 nitrogen and oxygen atoms in total. The molecule has 106 valence electrons. The first kappa shape index (κ1) is 14.4. The molecule has 0 saturated heterocycles. The van der Waals surface area contributed by atoms with Gasteiger partial charge < -0.3 is 15.4 Å². The lowest BCUT2D eigenvalue weighted by atomic mass is 10.1. The van der Waals surface area contributed by atoms with E-state index in [1.807, 2.05) is 13.0 Å². The van der Waals surface area contributed by atoms with Crippen molar-refractivity contribution in [1.82, 2.24) is 5.32 Å². The van der Waals surface area contributed by atoms with Crippen LogP contribution < -0.4 is 10.6 Å². The van der Waals surface area contributed by atoms with E-state index in [0.29, 0.717) is 22.0 Å². The van der Waals surface area contributed by atoms with E-state index in [2.05, 4.69) is 10.6 Å². The second-order valence-corrected chi connectivity index (χ2v) is 4.83. The largest absolute Gasteiger partial charge is 0.456 e. The van der Waals surface area contributed by atoms with Crippen molar-refractivity contribution in [3.8, 4) is 0 Å². The molecule has 1 aliphatic rings. The summed E-state index contributed by atoms with van der Waals surface area (Å²) in [5.74, 6) is -0.407. The second-order valence-electron chi connectivity index (χ2n) is 4.42. The first-order valence-electron chi connectivity index (χ1n) is 6.24. The van der Waals surface area contributed by atoms with Crippen LogP contribution in [0.1, 0.15) is 19.4 Å². The summed E-state index contributed by atoms with van der Waals surface area (Å²) in [6, 6.07) is 4.90. The summed E-state index contributed by atoms with van der Waals surface area (Å²) >= 11 is 6.08. The number of hydrogen-bond acceptors (Lipinski definition) is 3. The molecule has 0 unspecified atom stereocenters. The van der Waals surface area contributed by atoms with Crippen molar-refractivity contribution in [2.75, 3.05) is 11.9 Å². The van der Waals surface area contributed by atoms with Crippen LogP contribution in [0.25, 0.3) is 0 Å². The zero-order valence-electron chi connectivity index (χ0n) is 11.2. The van der Waals surface area contributed by atoms with Crippen LogP contribution in [0.3, 0.4) is 0 Å². The Hall–Kier alpha value is -2.01. The average Bonchev–Trinajstić information content (AvgIpc) is 2.71. The van der Waals surface area contributed by atoms with Crippen molar-refractivity contribution in [2.45, 2.75) is 20.3 Å². The Bertz CT molecular complexity index is 596. The van der Waals surface area contributed by atoms with Crippen LogP contribution in [-0.4, -0.2) is 18.6 Å². The third-order valence-corrected chi connectivity index (χ3v) is 3.41. The monoisotopic (exact) mass is 294 g/mol. The van der Waals surface area contributed by atoms with Crippen LogP contribution in [0.15, 0.2) is 29.5 Å². The molecule has 1 aromatic carbocycles. The highest BCUT2D eigenvalue weighted by Gasteiger charge is 2.22. The molecule has 6 heteroatoms. The molecule has 0 aromatic heterocycles. The number of benzene rings is 1. The molecule has 1 heterocycles. The molecule has 1 aliphatic heterocycles. The third-order valence-electron chi connectivity index (χ3n) is 3.06. The summed E-state index contributed by atoms with van der Waals surface area (Å²) in [4.78, 5) is 23.0. The van der Waals surface area contributed by atoms with E-state index >= 15 is 0 Å². The van der Waals surface area contributed by atoms with Gasteiger partial charge in [0.25, 0.3) is 0 Å². The molecular formula is C14H15ClN2O3. The maximum Gasteiger partial charge on any atom is 0.336 e. The van der Waals surface area contributed by atoms with Gasteiger partial charge in [0.15, 0.2) is 0 Å². The van der Waals surface area contributed by atoms with E-state index in [4.69, 9.17) is 16.3 Å². The van der Waals surface area contributed by atoms with Crippen LogP contribution in [0, 0.1) is 0 Å². The highest BCUT2D eigenvalue weighted by molar-refractivity contribution is 6.31. The lowest BCUT2D eigenvalue weighted by Gasteiger charge is -2.09. The third kappa shape index (κ3) is 3.11. The van der Waals surface area contributed by atoms with E-state index in [-0.39, 0.29) is 6.61 Å². The van der Waals surface area contributed by atoms with Crippen molar-refractivity contribution >= 4 is 29.3 Å². The Morgan fingerprint density at radius 1 is 1.40 bits per heavy atom. The van der Waals surface area contributed by atoms with E-state index in [1.54, 1.807) is 19.1 Å². The van der Waals surface area contributed by atoms with Crippen molar-refractivity contribution in [3.63, 3.8) is 0 Å². The van der Waals surface area contributed by atoms with Crippen LogP contribution in [-0.2, 0) is 16.0 Å². The highest BCUT2D eigenvalue weighted by Crippen LogP contribution is 2.21. The fourth-order valence-electron chi connectivity index (χ4n) is 1.82. The standard InChI is InChI=1S/C14H15ClN2O3/c1-3-9-4-5-10(6-11(9)15)16-14(19)17-12-7-20-13(18)8(12)2/h4-6H,3,7H2,1-2H3,(H2,16,17,19). The molecule has 2 N–H and O–H groups in total. The molecule has 20 heavy (non-hydrogen) atoms. The van der Waals surface area contributed by atoms with Gasteiger partial charge in [0.2, 0.25) is 0 Å². The van der Waals surface area contributed by atoms with Crippen LogP contribution >= 0.6 is 11.6 Å². The maximum atomic E-state index is 11.8. The lowest BCUT2D eigenvalue weighted by molar-refractivity contribution is -0.135. The number of amides is 2. The van der Waals surface area contributed by atoms with Gasteiger partial charge in [0.1, 0.15) is 6.61 Å². The number of urea groups is 1. The van der Waals surface area contributed by atoms with Crippen LogP contribution in [0.5, 0.6) is 0 Å². The van der Waals surface area contributed by atoms with E-state index in [0.717, 1.165) is 12.0 Å². The minimum atomic E-state index is -0.432. The summed E-state index contributed by atoms with van der Waals surface area (Å²) in [6.07, 6.45) is 0.830. The molecular weight excluding hydrogens is 280 g/mol. The predicted molar refractivity (Wildman–Crippen MR) is 76.6 cm³/mol. The smallest absolute Gasteiger partial charge is 0.336 e. The fraction of sp³-hybridized carbons (Fsp3) is 0.286. The number of nitrogens with one attached hydrogen (secondary N) is 2. The Morgan fingerprint density at radius 3 is 2.70 bits per heavy atom. The van der Waals surface area contributed by atoms with Gasteiger partial charge in [-0.3, -0.25) is 0 Å². The number of rotatable bonds is 3. The highest BCUT2D eigenvalue weighted by atomic mass is 35.5. The number of esters is 1. The minimum absolute atomic E-state index is 0.0909.